The van der Waals surface area contributed by atoms with Crippen LogP contribution in [0.1, 0.15) is 66.5 Å². The molecule has 0 unspecified atom stereocenters. The van der Waals surface area contributed by atoms with E-state index in [0.29, 0.717) is 47.5 Å². The van der Waals surface area contributed by atoms with Gasteiger partial charge in [-0.2, -0.15) is 0 Å². The van der Waals surface area contributed by atoms with Crippen molar-refractivity contribution >= 4 is 29.0 Å². The molecule has 1 aliphatic heterocycles. The Balaban J connectivity index is 1.32. The smallest absolute Gasteiger partial charge is 0.274 e. The van der Waals surface area contributed by atoms with Crippen LogP contribution in [-0.4, -0.2) is 63.4 Å². The third kappa shape index (κ3) is 7.21. The fraction of sp³-hybridized carbons (Fsp3) is 0.351. The summed E-state index contributed by atoms with van der Waals surface area (Å²) in [7, 11) is 1.70. The molecule has 0 radical (unpaired) electrons. The summed E-state index contributed by atoms with van der Waals surface area (Å²) >= 11 is 0. The van der Waals surface area contributed by atoms with Crippen molar-refractivity contribution in [3.8, 4) is 11.1 Å². The first-order valence-corrected chi connectivity index (χ1v) is 15.8. The first kappa shape index (κ1) is 32.6. The number of aromatic nitrogens is 2. The van der Waals surface area contributed by atoms with E-state index in [1.165, 1.54) is 4.57 Å². The lowest BCUT2D eigenvalue weighted by Gasteiger charge is -2.36. The van der Waals surface area contributed by atoms with Crippen LogP contribution >= 0.6 is 0 Å². The molecule has 2 amide bonds. The molecule has 4 aromatic rings. The number of hydrogen-bond acceptors (Lipinski definition) is 6. The monoisotopic (exact) mass is 620 g/mol. The van der Waals surface area contributed by atoms with Gasteiger partial charge in [0.15, 0.2) is 0 Å². The highest BCUT2D eigenvalue weighted by Crippen LogP contribution is 2.30. The van der Waals surface area contributed by atoms with Crippen LogP contribution in [-0.2, 0) is 12.5 Å². The van der Waals surface area contributed by atoms with Gasteiger partial charge in [0.05, 0.1) is 5.56 Å². The van der Waals surface area contributed by atoms with Gasteiger partial charge in [-0.15, -0.1) is 0 Å². The van der Waals surface area contributed by atoms with Crippen molar-refractivity contribution in [2.75, 3.05) is 36.8 Å². The number of carbonyl (C=O) groups is 2. The largest absolute Gasteiger partial charge is 0.336 e. The van der Waals surface area contributed by atoms with E-state index in [0.717, 1.165) is 35.3 Å². The van der Waals surface area contributed by atoms with Crippen molar-refractivity contribution in [2.45, 2.75) is 53.0 Å². The van der Waals surface area contributed by atoms with Crippen molar-refractivity contribution in [1.29, 1.82) is 0 Å². The van der Waals surface area contributed by atoms with Crippen molar-refractivity contribution in [1.82, 2.24) is 19.4 Å². The van der Waals surface area contributed by atoms with Crippen molar-refractivity contribution in [3.63, 3.8) is 0 Å². The van der Waals surface area contributed by atoms with Gasteiger partial charge in [-0.3, -0.25) is 19.3 Å². The van der Waals surface area contributed by atoms with Gasteiger partial charge in [0, 0.05) is 68.5 Å². The van der Waals surface area contributed by atoms with Gasteiger partial charge in [-0.05, 0) is 79.3 Å². The molecule has 2 aromatic heterocycles. The number of nitrogens with zero attached hydrogens (tertiary/aromatic N) is 4. The Labute approximate surface area is 271 Å². The molecular formula is C37H44N6O3. The molecule has 9 heteroatoms. The third-order valence-electron chi connectivity index (χ3n) is 8.69. The SMILES string of the molecule is Cc1c(NC(=O)c2ccc(C(C)(C)C)cc2)cccc1-c1cc(Nc2ccc(C(=O)N3CCN(C(C)C)CC3)cn2)c(=O)n(C)c1. The molecule has 9 nitrogen and oxygen atoms in total. The summed E-state index contributed by atoms with van der Waals surface area (Å²) in [5.41, 5.74) is 5.66. The topological polar surface area (TPSA) is 99.6 Å². The summed E-state index contributed by atoms with van der Waals surface area (Å²) in [6.07, 6.45) is 3.33. The Morgan fingerprint density at radius 2 is 1.57 bits per heavy atom. The van der Waals surface area contributed by atoms with E-state index >= 15 is 0 Å². The Morgan fingerprint density at radius 3 is 2.17 bits per heavy atom. The zero-order chi connectivity index (χ0) is 33.2. The van der Waals surface area contributed by atoms with E-state index in [2.05, 4.69) is 55.1 Å². The molecule has 1 aliphatic rings. The van der Waals surface area contributed by atoms with Crippen molar-refractivity contribution < 1.29 is 9.59 Å². The second-order valence-electron chi connectivity index (χ2n) is 13.3. The number of aryl methyl sites for hydroxylation is 1. The maximum absolute atomic E-state index is 13.1. The molecule has 5 rings (SSSR count). The van der Waals surface area contributed by atoms with E-state index in [9.17, 15) is 14.4 Å². The average molecular weight is 621 g/mol. The number of piperazine rings is 1. The minimum absolute atomic E-state index is 0.00526. The normalized spacial score (nSPS) is 14.0. The number of pyridine rings is 2. The fourth-order valence-corrected chi connectivity index (χ4v) is 5.70. The summed E-state index contributed by atoms with van der Waals surface area (Å²) in [6.45, 7) is 15.8. The second kappa shape index (κ2) is 13.3. The van der Waals surface area contributed by atoms with Gasteiger partial charge in [0.1, 0.15) is 11.5 Å². The fourth-order valence-electron chi connectivity index (χ4n) is 5.70. The van der Waals surface area contributed by atoms with Gasteiger partial charge in [0.2, 0.25) is 0 Å². The highest BCUT2D eigenvalue weighted by molar-refractivity contribution is 6.05. The molecule has 1 fully saturated rings. The molecule has 0 bridgehead atoms. The van der Waals surface area contributed by atoms with E-state index in [1.807, 2.05) is 54.3 Å². The minimum atomic E-state index is -0.213. The molecule has 0 aliphatic carbocycles. The third-order valence-corrected chi connectivity index (χ3v) is 8.69. The van der Waals surface area contributed by atoms with Crippen LogP contribution in [0.25, 0.3) is 11.1 Å². The lowest BCUT2D eigenvalue weighted by Crippen LogP contribution is -2.50. The molecule has 0 saturated carbocycles. The highest BCUT2D eigenvalue weighted by atomic mass is 16.2. The summed E-state index contributed by atoms with van der Waals surface area (Å²) in [4.78, 5) is 48.0. The van der Waals surface area contributed by atoms with Crippen LogP contribution in [0.2, 0.25) is 0 Å². The van der Waals surface area contributed by atoms with Gasteiger partial charge < -0.3 is 20.1 Å². The standard InChI is InChI=1S/C37H44N6O3/c1-24(2)42-17-19-43(20-18-42)35(45)27-13-16-33(38-22-27)39-32-21-28(23-41(7)36(32)46)30-9-8-10-31(25(30)3)40-34(44)26-11-14-29(15-12-26)37(4,5)6/h8-16,21-24H,17-20H2,1-7H3,(H,38,39)(H,40,44). The molecule has 0 spiro atoms. The van der Waals surface area contributed by atoms with Crippen LogP contribution in [0, 0.1) is 6.92 Å². The molecule has 46 heavy (non-hydrogen) atoms. The summed E-state index contributed by atoms with van der Waals surface area (Å²) < 4.78 is 1.52. The molecular weight excluding hydrogens is 576 g/mol. The van der Waals surface area contributed by atoms with E-state index in [-0.39, 0.29) is 22.8 Å². The van der Waals surface area contributed by atoms with Crippen molar-refractivity contribution in [2.24, 2.45) is 7.05 Å². The Hall–Kier alpha value is -4.76. The molecule has 2 aromatic carbocycles. The second-order valence-corrected chi connectivity index (χ2v) is 13.3. The van der Waals surface area contributed by atoms with Crippen LogP contribution in [0.5, 0.6) is 0 Å². The molecule has 0 atom stereocenters. The lowest BCUT2D eigenvalue weighted by molar-refractivity contribution is 0.0595. The molecule has 240 valence electrons. The summed E-state index contributed by atoms with van der Waals surface area (Å²) in [5.74, 6) is 0.240. The zero-order valence-corrected chi connectivity index (χ0v) is 27.8. The number of amides is 2. The van der Waals surface area contributed by atoms with E-state index in [1.54, 1.807) is 37.6 Å². The Kier molecular flexibility index (Phi) is 9.44. The molecule has 3 heterocycles. The van der Waals surface area contributed by atoms with Crippen LogP contribution in [0.4, 0.5) is 17.2 Å². The number of carbonyl (C=O) groups excluding carboxylic acids is 2. The Morgan fingerprint density at radius 1 is 0.891 bits per heavy atom. The van der Waals surface area contributed by atoms with Gasteiger partial charge in [0.25, 0.3) is 17.4 Å². The Bertz CT molecular complexity index is 1780. The maximum atomic E-state index is 13.1. The van der Waals surface area contributed by atoms with Crippen molar-refractivity contribution in [3.05, 3.63) is 106 Å². The van der Waals surface area contributed by atoms with Gasteiger partial charge in [-0.25, -0.2) is 4.98 Å². The number of hydrogen-bond donors (Lipinski definition) is 2. The minimum Gasteiger partial charge on any atom is -0.336 e. The average Bonchev–Trinajstić information content (AvgIpc) is 3.04. The van der Waals surface area contributed by atoms with E-state index < -0.39 is 0 Å². The zero-order valence-electron chi connectivity index (χ0n) is 27.8. The predicted octanol–water partition coefficient (Wildman–Crippen LogP) is 6.22. The van der Waals surface area contributed by atoms with Gasteiger partial charge in [-0.1, -0.05) is 45.0 Å². The van der Waals surface area contributed by atoms with Crippen LogP contribution in [0.3, 0.4) is 0 Å². The molecule has 1 saturated heterocycles. The number of benzene rings is 2. The molecule has 2 N–H and O–H groups in total. The number of anilines is 3. The predicted molar refractivity (Wildman–Crippen MR) is 185 cm³/mol. The maximum Gasteiger partial charge on any atom is 0.274 e. The first-order valence-electron chi connectivity index (χ1n) is 15.8. The number of rotatable bonds is 7. The van der Waals surface area contributed by atoms with Gasteiger partial charge >= 0.3 is 0 Å². The lowest BCUT2D eigenvalue weighted by atomic mass is 9.86. The van der Waals surface area contributed by atoms with Crippen LogP contribution < -0.4 is 16.2 Å². The summed E-state index contributed by atoms with van der Waals surface area (Å²) in [6, 6.07) is 19.1. The quantitative estimate of drug-likeness (QED) is 0.255. The first-order chi connectivity index (χ1) is 21.8. The van der Waals surface area contributed by atoms with Crippen LogP contribution in [0.15, 0.2) is 77.9 Å². The summed E-state index contributed by atoms with van der Waals surface area (Å²) in [5, 5.41) is 6.20. The number of nitrogens with one attached hydrogen (secondary N) is 2. The van der Waals surface area contributed by atoms with E-state index in [4.69, 9.17) is 0 Å². The highest BCUT2D eigenvalue weighted by Gasteiger charge is 2.23.